The van der Waals surface area contributed by atoms with Crippen molar-refractivity contribution in [2.24, 2.45) is 0 Å². The molecule has 0 N–H and O–H groups in total. The van der Waals surface area contributed by atoms with E-state index in [0.29, 0.717) is 30.7 Å². The van der Waals surface area contributed by atoms with Crippen molar-refractivity contribution in [3.63, 3.8) is 0 Å². The van der Waals surface area contributed by atoms with E-state index in [1.165, 1.54) is 0 Å². The topological polar surface area (TPSA) is 55.1 Å². The van der Waals surface area contributed by atoms with E-state index in [1.54, 1.807) is 0 Å². The third-order valence-corrected chi connectivity index (χ3v) is 4.92. The number of pyridine rings is 1. The van der Waals surface area contributed by atoms with Gasteiger partial charge in [0.05, 0.1) is 18.3 Å². The maximum absolute atomic E-state index is 6.20. The molecule has 3 aromatic rings. The Morgan fingerprint density at radius 1 is 1.16 bits per heavy atom. The van der Waals surface area contributed by atoms with Crippen molar-refractivity contribution in [3.8, 4) is 0 Å². The van der Waals surface area contributed by atoms with E-state index in [2.05, 4.69) is 26.1 Å². The number of nitrogens with zero attached hydrogens (tertiary/aromatic N) is 4. The van der Waals surface area contributed by atoms with Crippen LogP contribution in [0.2, 0.25) is 5.02 Å². The largest absolute Gasteiger partial charge is 0.338 e. The molecule has 6 heteroatoms. The Morgan fingerprint density at radius 3 is 2.88 bits per heavy atom. The van der Waals surface area contributed by atoms with Crippen molar-refractivity contribution < 1.29 is 4.52 Å². The number of halogens is 1. The van der Waals surface area contributed by atoms with Gasteiger partial charge in [-0.1, -0.05) is 41.0 Å². The summed E-state index contributed by atoms with van der Waals surface area (Å²) in [7, 11) is 0. The van der Waals surface area contributed by atoms with E-state index >= 15 is 0 Å². The highest BCUT2D eigenvalue weighted by atomic mass is 35.5. The van der Waals surface area contributed by atoms with E-state index in [-0.39, 0.29) is 0 Å². The zero-order valence-corrected chi connectivity index (χ0v) is 14.6. The molecule has 5 nitrogen and oxygen atoms in total. The summed E-state index contributed by atoms with van der Waals surface area (Å²) >= 11 is 6.20. The maximum Gasteiger partial charge on any atom is 0.240 e. The molecular formula is C19H19ClN4O. The lowest BCUT2D eigenvalue weighted by Crippen LogP contribution is -2.23. The van der Waals surface area contributed by atoms with Gasteiger partial charge in [0.2, 0.25) is 5.89 Å². The van der Waals surface area contributed by atoms with Crippen LogP contribution in [0.1, 0.15) is 41.9 Å². The first kappa shape index (κ1) is 16.2. The molecule has 1 aliphatic heterocycles. The van der Waals surface area contributed by atoms with Crippen molar-refractivity contribution in [1.82, 2.24) is 20.0 Å². The van der Waals surface area contributed by atoms with E-state index < -0.39 is 0 Å². The molecule has 25 heavy (non-hydrogen) atoms. The van der Waals surface area contributed by atoms with Crippen LogP contribution in [0.4, 0.5) is 0 Å². The fourth-order valence-electron chi connectivity index (χ4n) is 3.34. The molecule has 0 saturated carbocycles. The van der Waals surface area contributed by atoms with Crippen LogP contribution in [0, 0.1) is 0 Å². The molecule has 0 radical (unpaired) electrons. The maximum atomic E-state index is 6.20. The van der Waals surface area contributed by atoms with Crippen LogP contribution in [-0.2, 0) is 13.0 Å². The number of rotatable bonds is 5. The number of hydrogen-bond acceptors (Lipinski definition) is 5. The molecule has 1 aromatic carbocycles. The Hall–Kier alpha value is -2.24. The lowest BCUT2D eigenvalue weighted by Gasteiger charge is -2.21. The minimum atomic E-state index is 0.320. The summed E-state index contributed by atoms with van der Waals surface area (Å²) in [6.07, 6.45) is 4.69. The van der Waals surface area contributed by atoms with Gasteiger partial charge < -0.3 is 4.52 Å². The van der Waals surface area contributed by atoms with Gasteiger partial charge in [-0.3, -0.25) is 9.88 Å². The van der Waals surface area contributed by atoms with Crippen LogP contribution < -0.4 is 0 Å². The van der Waals surface area contributed by atoms with Gasteiger partial charge in [0, 0.05) is 17.6 Å². The lowest BCUT2D eigenvalue weighted by molar-refractivity contribution is 0.209. The summed E-state index contributed by atoms with van der Waals surface area (Å²) in [5, 5.41) is 4.83. The van der Waals surface area contributed by atoms with E-state index in [0.717, 1.165) is 35.7 Å². The fourth-order valence-corrected chi connectivity index (χ4v) is 3.54. The molecule has 1 saturated heterocycles. The van der Waals surface area contributed by atoms with Gasteiger partial charge in [-0.05, 0) is 43.1 Å². The summed E-state index contributed by atoms with van der Waals surface area (Å²) in [5.74, 6) is 1.31. The highest BCUT2D eigenvalue weighted by Crippen LogP contribution is 2.31. The number of likely N-dealkylation sites (tertiary alicyclic amines) is 1. The molecule has 2 aromatic heterocycles. The fraction of sp³-hybridized carbons (Fsp3) is 0.316. The average Bonchev–Trinajstić information content (AvgIpc) is 3.28. The van der Waals surface area contributed by atoms with Gasteiger partial charge in [-0.15, -0.1) is 0 Å². The van der Waals surface area contributed by atoms with E-state index in [1.807, 2.05) is 42.6 Å². The van der Waals surface area contributed by atoms with Crippen LogP contribution in [0.25, 0.3) is 0 Å². The Morgan fingerprint density at radius 2 is 2.04 bits per heavy atom. The second-order valence-corrected chi connectivity index (χ2v) is 6.66. The van der Waals surface area contributed by atoms with Crippen LogP contribution in [-0.4, -0.2) is 26.6 Å². The van der Waals surface area contributed by atoms with Gasteiger partial charge in [-0.25, -0.2) is 0 Å². The molecule has 1 atom stereocenters. The van der Waals surface area contributed by atoms with Gasteiger partial charge in [0.1, 0.15) is 0 Å². The monoisotopic (exact) mass is 354 g/mol. The molecule has 0 spiro atoms. The first-order valence-electron chi connectivity index (χ1n) is 8.49. The van der Waals surface area contributed by atoms with Crippen molar-refractivity contribution in [2.45, 2.75) is 31.8 Å². The zero-order valence-electron chi connectivity index (χ0n) is 13.8. The second-order valence-electron chi connectivity index (χ2n) is 6.26. The number of benzene rings is 1. The zero-order chi connectivity index (χ0) is 17.1. The highest BCUT2D eigenvalue weighted by molar-refractivity contribution is 6.31. The third-order valence-electron chi connectivity index (χ3n) is 4.55. The van der Waals surface area contributed by atoms with Crippen LogP contribution in [0.3, 0.4) is 0 Å². The van der Waals surface area contributed by atoms with Gasteiger partial charge >= 0.3 is 0 Å². The Kier molecular flexibility index (Phi) is 4.76. The molecule has 1 unspecified atom stereocenters. The Bertz CT molecular complexity index is 836. The standard InChI is InChI=1S/C19H19ClN4O/c20-15-7-2-1-6-14(15)12-18-22-19(25-23-18)13-24-11-5-9-17(24)16-8-3-4-10-21-16/h1-4,6-8,10,17H,5,9,11-13H2. The van der Waals surface area contributed by atoms with Crippen LogP contribution in [0.15, 0.2) is 53.2 Å². The summed E-state index contributed by atoms with van der Waals surface area (Å²) in [4.78, 5) is 11.4. The Labute approximate surface area is 151 Å². The summed E-state index contributed by atoms with van der Waals surface area (Å²) < 4.78 is 5.46. The lowest BCUT2D eigenvalue weighted by atomic mass is 10.1. The molecular weight excluding hydrogens is 336 g/mol. The second kappa shape index (κ2) is 7.33. The first-order chi connectivity index (χ1) is 12.3. The molecule has 4 rings (SSSR count). The predicted octanol–water partition coefficient (Wildman–Crippen LogP) is 4.05. The van der Waals surface area contributed by atoms with Crippen molar-refractivity contribution in [2.75, 3.05) is 6.54 Å². The molecule has 1 aliphatic rings. The van der Waals surface area contributed by atoms with Crippen LogP contribution >= 0.6 is 11.6 Å². The minimum Gasteiger partial charge on any atom is -0.338 e. The molecule has 1 fully saturated rings. The summed E-state index contributed by atoms with van der Waals surface area (Å²) in [6, 6.07) is 14.1. The molecule has 128 valence electrons. The normalized spacial score (nSPS) is 17.9. The third kappa shape index (κ3) is 3.72. The molecule has 0 bridgehead atoms. The van der Waals surface area contributed by atoms with Crippen molar-refractivity contribution >= 4 is 11.6 Å². The highest BCUT2D eigenvalue weighted by Gasteiger charge is 2.28. The molecule has 0 aliphatic carbocycles. The van der Waals surface area contributed by atoms with Crippen molar-refractivity contribution in [1.29, 1.82) is 0 Å². The van der Waals surface area contributed by atoms with E-state index in [4.69, 9.17) is 16.1 Å². The SMILES string of the molecule is Clc1ccccc1Cc1noc(CN2CCCC2c2ccccn2)n1. The summed E-state index contributed by atoms with van der Waals surface area (Å²) in [5.41, 5.74) is 2.11. The number of aromatic nitrogens is 3. The summed E-state index contributed by atoms with van der Waals surface area (Å²) in [6.45, 7) is 1.67. The number of hydrogen-bond donors (Lipinski definition) is 0. The quantitative estimate of drug-likeness (QED) is 0.692. The van der Waals surface area contributed by atoms with Crippen molar-refractivity contribution in [3.05, 3.63) is 76.7 Å². The van der Waals surface area contributed by atoms with E-state index in [9.17, 15) is 0 Å². The van der Waals surface area contributed by atoms with Crippen LogP contribution in [0.5, 0.6) is 0 Å². The minimum absolute atomic E-state index is 0.320. The first-order valence-corrected chi connectivity index (χ1v) is 8.87. The average molecular weight is 355 g/mol. The smallest absolute Gasteiger partial charge is 0.240 e. The molecule has 3 heterocycles. The molecule has 0 amide bonds. The van der Waals surface area contributed by atoms with Gasteiger partial charge in [-0.2, -0.15) is 4.98 Å². The predicted molar refractivity (Wildman–Crippen MR) is 95.2 cm³/mol. The van der Waals surface area contributed by atoms with Gasteiger partial charge in [0.15, 0.2) is 5.82 Å². The van der Waals surface area contributed by atoms with Gasteiger partial charge in [0.25, 0.3) is 0 Å². The Balaban J connectivity index is 1.45.